The van der Waals surface area contributed by atoms with Gasteiger partial charge in [-0.25, -0.2) is 4.79 Å². The molecule has 1 aromatic carbocycles. The number of nitrogens with one attached hydrogen (secondary N) is 1. The summed E-state index contributed by atoms with van der Waals surface area (Å²) in [5, 5.41) is 4.83. The minimum absolute atomic E-state index is 0.101. The fourth-order valence-corrected chi connectivity index (χ4v) is 1.37. The lowest BCUT2D eigenvalue weighted by molar-refractivity contribution is -0.176. The molecule has 0 aromatic heterocycles. The number of alkyl carbamates (subject to hydrolysis) is 1. The predicted octanol–water partition coefficient (Wildman–Crippen LogP) is 3.75. The molecule has 2 atom stereocenters. The van der Waals surface area contributed by atoms with Crippen molar-refractivity contribution in [1.82, 2.24) is 5.32 Å². The number of hydrogen-bond acceptors (Lipinski definition) is 3. The van der Waals surface area contributed by atoms with Gasteiger partial charge in [-0.05, 0) is 11.1 Å². The maximum absolute atomic E-state index is 12.5. The van der Waals surface area contributed by atoms with Crippen molar-refractivity contribution >= 4 is 6.09 Å². The number of halogens is 3. The highest BCUT2D eigenvalue weighted by molar-refractivity contribution is 5.67. The third-order valence-electron chi connectivity index (χ3n) is 2.64. The molecule has 0 bridgehead atoms. The third-order valence-corrected chi connectivity index (χ3v) is 2.64. The van der Waals surface area contributed by atoms with Gasteiger partial charge in [-0.15, -0.1) is 0 Å². The normalized spacial score (nSPS) is 13.7. The zero-order valence-corrected chi connectivity index (χ0v) is 11.0. The van der Waals surface area contributed by atoms with Crippen molar-refractivity contribution < 1.29 is 22.7 Å². The second kappa shape index (κ2) is 7.39. The number of hydrogen-bond donors (Lipinski definition) is 1. The molecule has 114 valence electrons. The van der Waals surface area contributed by atoms with Gasteiger partial charge in [0.1, 0.15) is 12.8 Å². The highest BCUT2D eigenvalue weighted by atomic mass is 19.4. The highest BCUT2D eigenvalue weighted by Crippen LogP contribution is 2.29. The lowest BCUT2D eigenvalue weighted by Gasteiger charge is -2.22. The summed E-state index contributed by atoms with van der Waals surface area (Å²) in [5.41, 5.74) is 8.95. The summed E-state index contributed by atoms with van der Waals surface area (Å²) < 4.78 is 42.4. The van der Waals surface area contributed by atoms with Gasteiger partial charge in [-0.2, -0.15) is 13.2 Å². The van der Waals surface area contributed by atoms with E-state index >= 15 is 0 Å². The molecule has 0 fully saturated rings. The molecule has 0 saturated heterocycles. The summed E-state index contributed by atoms with van der Waals surface area (Å²) in [6, 6.07) is 8.61. The molecule has 21 heavy (non-hydrogen) atoms. The van der Waals surface area contributed by atoms with Crippen molar-refractivity contribution in [2.45, 2.75) is 25.9 Å². The van der Waals surface area contributed by atoms with Gasteiger partial charge in [0.15, 0.2) is 0 Å². The predicted molar refractivity (Wildman–Crippen MR) is 67.9 cm³/mol. The van der Waals surface area contributed by atoms with E-state index < -0.39 is 24.4 Å². The summed E-state index contributed by atoms with van der Waals surface area (Å²) in [6.45, 7) is 0.701. The van der Waals surface area contributed by atoms with Gasteiger partial charge in [0.2, 0.25) is 0 Å². The zero-order valence-electron chi connectivity index (χ0n) is 11.0. The minimum atomic E-state index is -4.61. The fraction of sp³-hybridized carbons (Fsp3) is 0.417. The van der Waals surface area contributed by atoms with E-state index in [0.717, 1.165) is 6.92 Å². The topological polar surface area (TPSA) is 87.1 Å². The van der Waals surface area contributed by atoms with Crippen LogP contribution < -0.4 is 5.32 Å². The average molecular weight is 302 g/mol. The SMILES string of the molecule is CC(C(N=[N+]=[N-])NC(=O)OCc1ccccc1)C(F)(F)F. The van der Waals surface area contributed by atoms with E-state index in [-0.39, 0.29) is 6.61 Å². The first-order valence-corrected chi connectivity index (χ1v) is 5.92. The van der Waals surface area contributed by atoms with Gasteiger partial charge in [0, 0.05) is 4.91 Å². The van der Waals surface area contributed by atoms with Gasteiger partial charge >= 0.3 is 12.3 Å². The summed E-state index contributed by atoms with van der Waals surface area (Å²) in [5.74, 6) is -2.03. The van der Waals surface area contributed by atoms with E-state index in [0.29, 0.717) is 5.56 Å². The number of rotatable bonds is 5. The Hall–Kier alpha value is -2.41. The average Bonchev–Trinajstić information content (AvgIpc) is 2.44. The Morgan fingerprint density at radius 2 is 2.05 bits per heavy atom. The van der Waals surface area contributed by atoms with Crippen LogP contribution in [0.3, 0.4) is 0 Å². The molecule has 1 amide bonds. The molecule has 2 unspecified atom stereocenters. The molecule has 0 aliphatic rings. The molecule has 1 rings (SSSR count). The molecule has 6 nitrogen and oxygen atoms in total. The summed E-state index contributed by atoms with van der Waals surface area (Å²) in [4.78, 5) is 13.7. The summed E-state index contributed by atoms with van der Waals surface area (Å²) in [6.07, 6.45) is -7.46. The molecule has 1 aromatic rings. The van der Waals surface area contributed by atoms with Crippen LogP contribution in [0.5, 0.6) is 0 Å². The first kappa shape index (κ1) is 16.6. The molecular formula is C12H13F3N4O2. The Morgan fingerprint density at radius 1 is 1.43 bits per heavy atom. The third kappa shape index (κ3) is 5.62. The first-order valence-electron chi connectivity index (χ1n) is 5.92. The van der Waals surface area contributed by atoms with Crippen LogP contribution in [-0.2, 0) is 11.3 Å². The van der Waals surface area contributed by atoms with E-state index in [4.69, 9.17) is 10.3 Å². The van der Waals surface area contributed by atoms with Crippen LogP contribution in [0.1, 0.15) is 12.5 Å². The molecule has 0 aliphatic heterocycles. The van der Waals surface area contributed by atoms with Crippen LogP contribution in [0.15, 0.2) is 35.4 Å². The molecule has 1 N–H and O–H groups in total. The van der Waals surface area contributed by atoms with Gasteiger partial charge in [-0.1, -0.05) is 42.4 Å². The molecule has 9 heteroatoms. The number of carbonyl (C=O) groups is 1. The van der Waals surface area contributed by atoms with Crippen molar-refractivity contribution in [3.05, 3.63) is 46.3 Å². The quantitative estimate of drug-likeness (QED) is 0.510. The van der Waals surface area contributed by atoms with Crippen LogP contribution in [0.25, 0.3) is 10.4 Å². The smallest absolute Gasteiger partial charge is 0.407 e. The molecule has 0 spiro atoms. The van der Waals surface area contributed by atoms with Crippen molar-refractivity contribution in [2.75, 3.05) is 0 Å². The number of azide groups is 1. The largest absolute Gasteiger partial charge is 0.445 e. The van der Waals surface area contributed by atoms with Crippen LogP contribution in [0.4, 0.5) is 18.0 Å². The lowest BCUT2D eigenvalue weighted by Crippen LogP contribution is -2.43. The Morgan fingerprint density at radius 3 is 2.57 bits per heavy atom. The Bertz CT molecular complexity index is 515. The minimum Gasteiger partial charge on any atom is -0.445 e. The van der Waals surface area contributed by atoms with Crippen LogP contribution >= 0.6 is 0 Å². The van der Waals surface area contributed by atoms with Gasteiger partial charge in [-0.3, -0.25) is 0 Å². The number of carbonyl (C=O) groups excluding carboxylic acids is 1. The Labute approximate surface area is 118 Å². The van der Waals surface area contributed by atoms with E-state index in [9.17, 15) is 18.0 Å². The van der Waals surface area contributed by atoms with Gasteiger partial charge in [0.05, 0.1) is 5.92 Å². The number of amides is 1. The Kier molecular flexibility index (Phi) is 5.86. The summed E-state index contributed by atoms with van der Waals surface area (Å²) >= 11 is 0. The van der Waals surface area contributed by atoms with Crippen molar-refractivity contribution in [3.8, 4) is 0 Å². The van der Waals surface area contributed by atoms with Crippen molar-refractivity contribution in [2.24, 2.45) is 11.0 Å². The lowest BCUT2D eigenvalue weighted by atomic mass is 10.1. The number of nitrogens with zero attached hydrogens (tertiary/aromatic N) is 3. The maximum atomic E-state index is 12.5. The monoisotopic (exact) mass is 302 g/mol. The van der Waals surface area contributed by atoms with E-state index in [1.54, 1.807) is 30.3 Å². The van der Waals surface area contributed by atoms with Gasteiger partial charge < -0.3 is 10.1 Å². The number of ether oxygens (including phenoxy) is 1. The molecule has 0 aliphatic carbocycles. The number of alkyl halides is 3. The highest BCUT2D eigenvalue weighted by Gasteiger charge is 2.41. The molecular weight excluding hydrogens is 289 g/mol. The molecule has 0 heterocycles. The van der Waals surface area contributed by atoms with Crippen LogP contribution in [-0.4, -0.2) is 18.4 Å². The van der Waals surface area contributed by atoms with Gasteiger partial charge in [0.25, 0.3) is 0 Å². The second-order valence-corrected chi connectivity index (χ2v) is 4.19. The summed E-state index contributed by atoms with van der Waals surface area (Å²) in [7, 11) is 0. The standard InChI is InChI=1S/C12H13F3N4O2/c1-8(12(13,14)15)10(18-19-16)17-11(20)21-7-9-5-3-2-4-6-9/h2-6,8,10H,7H2,1H3,(H,17,20). The second-order valence-electron chi connectivity index (χ2n) is 4.19. The Balaban J connectivity index is 2.59. The molecule has 0 saturated carbocycles. The number of benzene rings is 1. The zero-order chi connectivity index (χ0) is 15.9. The van der Waals surface area contributed by atoms with E-state index in [1.165, 1.54) is 0 Å². The molecule has 0 radical (unpaired) electrons. The van der Waals surface area contributed by atoms with Crippen molar-refractivity contribution in [1.29, 1.82) is 0 Å². The maximum Gasteiger partial charge on any atom is 0.407 e. The first-order chi connectivity index (χ1) is 9.84. The van der Waals surface area contributed by atoms with Crippen LogP contribution in [0, 0.1) is 5.92 Å². The van der Waals surface area contributed by atoms with Crippen molar-refractivity contribution in [3.63, 3.8) is 0 Å². The van der Waals surface area contributed by atoms with E-state index in [1.807, 2.05) is 5.32 Å². The van der Waals surface area contributed by atoms with E-state index in [2.05, 4.69) is 10.0 Å². The fourth-order valence-electron chi connectivity index (χ4n) is 1.37. The van der Waals surface area contributed by atoms with Crippen LogP contribution in [0.2, 0.25) is 0 Å².